The fourth-order valence-corrected chi connectivity index (χ4v) is 2.50. The fraction of sp³-hybridized carbons (Fsp3) is 0.250. The van der Waals surface area contributed by atoms with Crippen LogP contribution in [-0.2, 0) is 16.6 Å². The van der Waals surface area contributed by atoms with E-state index in [1.54, 1.807) is 12.1 Å². The van der Waals surface area contributed by atoms with Crippen LogP contribution in [0.3, 0.4) is 0 Å². The van der Waals surface area contributed by atoms with Crippen molar-refractivity contribution in [1.29, 1.82) is 0 Å². The summed E-state index contributed by atoms with van der Waals surface area (Å²) in [5.74, 6) is 0.526. The van der Waals surface area contributed by atoms with E-state index in [1.165, 1.54) is 23.3 Å². The van der Waals surface area contributed by atoms with Crippen molar-refractivity contribution in [1.82, 2.24) is 0 Å². The lowest BCUT2D eigenvalue weighted by Gasteiger charge is -2.09. The molecule has 0 aliphatic rings. The number of benzene rings is 2. The molecule has 0 spiro atoms. The Kier molecular flexibility index (Phi) is 4.65. The number of anilines is 1. The largest absolute Gasteiger partial charge is 0.381 e. The van der Waals surface area contributed by atoms with Gasteiger partial charge in [-0.3, -0.25) is 0 Å². The number of rotatable bonds is 5. The second kappa shape index (κ2) is 6.28. The summed E-state index contributed by atoms with van der Waals surface area (Å²) in [6, 6.07) is 14.9. The first-order valence-electron chi connectivity index (χ1n) is 6.82. The molecule has 112 valence electrons. The van der Waals surface area contributed by atoms with Crippen LogP contribution in [0.2, 0.25) is 0 Å². The molecule has 3 N–H and O–H groups in total. The third-order valence-electron chi connectivity index (χ3n) is 3.33. The van der Waals surface area contributed by atoms with Gasteiger partial charge in [0.2, 0.25) is 10.0 Å². The van der Waals surface area contributed by atoms with E-state index in [9.17, 15) is 8.42 Å². The number of nitrogens with two attached hydrogens (primary N) is 1. The van der Waals surface area contributed by atoms with Crippen LogP contribution in [-0.4, -0.2) is 8.42 Å². The van der Waals surface area contributed by atoms with Gasteiger partial charge in [0.15, 0.2) is 0 Å². The summed E-state index contributed by atoms with van der Waals surface area (Å²) in [6.07, 6.45) is 0. The summed E-state index contributed by atoms with van der Waals surface area (Å²) in [6.45, 7) is 5.02. The van der Waals surface area contributed by atoms with E-state index in [2.05, 4.69) is 43.4 Å². The van der Waals surface area contributed by atoms with E-state index >= 15 is 0 Å². The summed E-state index contributed by atoms with van der Waals surface area (Å²) >= 11 is 0. The molecule has 21 heavy (non-hydrogen) atoms. The molecule has 0 aliphatic carbocycles. The number of hydrogen-bond acceptors (Lipinski definition) is 3. The highest BCUT2D eigenvalue weighted by Crippen LogP contribution is 2.16. The lowest BCUT2D eigenvalue weighted by molar-refractivity contribution is 0.598. The van der Waals surface area contributed by atoms with Gasteiger partial charge in [-0.15, -0.1) is 0 Å². The van der Waals surface area contributed by atoms with Crippen molar-refractivity contribution < 1.29 is 8.42 Å². The molecule has 2 aromatic rings. The highest BCUT2D eigenvalue weighted by atomic mass is 32.2. The number of hydrogen-bond donors (Lipinski definition) is 2. The van der Waals surface area contributed by atoms with Crippen molar-refractivity contribution in [2.75, 3.05) is 5.32 Å². The third kappa shape index (κ3) is 4.31. The van der Waals surface area contributed by atoms with Crippen LogP contribution in [0.5, 0.6) is 0 Å². The fourth-order valence-electron chi connectivity index (χ4n) is 1.99. The van der Waals surface area contributed by atoms with Crippen LogP contribution >= 0.6 is 0 Å². The zero-order chi connectivity index (χ0) is 15.5. The topological polar surface area (TPSA) is 72.2 Å². The van der Waals surface area contributed by atoms with Crippen LogP contribution in [0.4, 0.5) is 5.69 Å². The average molecular weight is 304 g/mol. The molecule has 0 saturated heterocycles. The van der Waals surface area contributed by atoms with Gasteiger partial charge in [-0.25, -0.2) is 13.6 Å². The molecule has 0 aromatic heterocycles. The Morgan fingerprint density at radius 2 is 1.57 bits per heavy atom. The van der Waals surface area contributed by atoms with Gasteiger partial charge in [-0.05, 0) is 41.3 Å². The Morgan fingerprint density at radius 3 is 2.05 bits per heavy atom. The van der Waals surface area contributed by atoms with Crippen molar-refractivity contribution in [2.24, 2.45) is 5.14 Å². The molecule has 0 unspecified atom stereocenters. The highest BCUT2D eigenvalue weighted by molar-refractivity contribution is 7.89. The van der Waals surface area contributed by atoms with E-state index < -0.39 is 10.0 Å². The molecule has 0 radical (unpaired) electrons. The van der Waals surface area contributed by atoms with Gasteiger partial charge in [0.1, 0.15) is 0 Å². The first-order valence-corrected chi connectivity index (χ1v) is 8.36. The van der Waals surface area contributed by atoms with Crippen LogP contribution in [0, 0.1) is 0 Å². The van der Waals surface area contributed by atoms with Gasteiger partial charge in [0.25, 0.3) is 0 Å². The van der Waals surface area contributed by atoms with E-state index in [1.807, 2.05) is 0 Å². The molecule has 0 bridgehead atoms. The maximum Gasteiger partial charge on any atom is 0.238 e. The van der Waals surface area contributed by atoms with Crippen molar-refractivity contribution in [2.45, 2.75) is 31.2 Å². The van der Waals surface area contributed by atoms with E-state index in [4.69, 9.17) is 5.14 Å². The predicted octanol–water partition coefficient (Wildman–Crippen LogP) is 3.07. The van der Waals surface area contributed by atoms with E-state index in [-0.39, 0.29) is 4.90 Å². The van der Waals surface area contributed by atoms with Crippen LogP contribution in [0.1, 0.15) is 30.9 Å². The number of primary sulfonamides is 1. The highest BCUT2D eigenvalue weighted by Gasteiger charge is 2.06. The Balaban J connectivity index is 2.00. The Labute approximate surface area is 126 Å². The van der Waals surface area contributed by atoms with Crippen molar-refractivity contribution in [3.63, 3.8) is 0 Å². The minimum atomic E-state index is -3.63. The normalized spacial score (nSPS) is 11.6. The summed E-state index contributed by atoms with van der Waals surface area (Å²) in [5.41, 5.74) is 3.35. The number of nitrogens with one attached hydrogen (secondary N) is 1. The molecule has 2 rings (SSSR count). The zero-order valence-corrected chi connectivity index (χ0v) is 13.0. The predicted molar refractivity (Wildman–Crippen MR) is 85.7 cm³/mol. The van der Waals surface area contributed by atoms with Gasteiger partial charge in [0.05, 0.1) is 4.90 Å². The third-order valence-corrected chi connectivity index (χ3v) is 4.26. The van der Waals surface area contributed by atoms with Gasteiger partial charge < -0.3 is 5.32 Å². The molecular formula is C16H20N2O2S. The molecule has 0 heterocycles. The molecule has 0 saturated carbocycles. The molecule has 2 aromatic carbocycles. The number of sulfonamides is 1. The average Bonchev–Trinajstić information content (AvgIpc) is 2.45. The Hall–Kier alpha value is -1.85. The van der Waals surface area contributed by atoms with Crippen molar-refractivity contribution in [3.05, 3.63) is 59.7 Å². The van der Waals surface area contributed by atoms with Crippen molar-refractivity contribution >= 4 is 15.7 Å². The second-order valence-corrected chi connectivity index (χ2v) is 6.88. The molecule has 5 heteroatoms. The molecular weight excluding hydrogens is 284 g/mol. The Morgan fingerprint density at radius 1 is 1.00 bits per heavy atom. The summed E-state index contributed by atoms with van der Waals surface area (Å²) in [7, 11) is -3.63. The molecule has 4 nitrogen and oxygen atoms in total. The maximum absolute atomic E-state index is 11.2. The minimum Gasteiger partial charge on any atom is -0.381 e. The summed E-state index contributed by atoms with van der Waals surface area (Å²) in [4.78, 5) is 0.120. The van der Waals surface area contributed by atoms with E-state index in [0.717, 1.165) is 5.69 Å². The maximum atomic E-state index is 11.2. The van der Waals surface area contributed by atoms with Crippen LogP contribution in [0.15, 0.2) is 53.4 Å². The van der Waals surface area contributed by atoms with Gasteiger partial charge in [-0.2, -0.15) is 0 Å². The molecule has 0 fully saturated rings. The smallest absolute Gasteiger partial charge is 0.238 e. The van der Waals surface area contributed by atoms with Gasteiger partial charge >= 0.3 is 0 Å². The van der Waals surface area contributed by atoms with Gasteiger partial charge in [-0.1, -0.05) is 38.1 Å². The lowest BCUT2D eigenvalue weighted by Crippen LogP contribution is -2.12. The first kappa shape index (κ1) is 15.5. The second-order valence-electron chi connectivity index (χ2n) is 5.32. The van der Waals surface area contributed by atoms with E-state index in [0.29, 0.717) is 12.5 Å². The monoisotopic (exact) mass is 304 g/mol. The van der Waals surface area contributed by atoms with Crippen molar-refractivity contribution in [3.8, 4) is 0 Å². The standard InChI is InChI=1S/C16H20N2O2S/c1-12(2)14-5-3-13(4-6-14)11-18-15-7-9-16(10-8-15)21(17,19)20/h3-10,12,18H,11H2,1-2H3,(H2,17,19,20). The molecule has 0 atom stereocenters. The Bertz CT molecular complexity index is 690. The minimum absolute atomic E-state index is 0.120. The summed E-state index contributed by atoms with van der Waals surface area (Å²) < 4.78 is 22.3. The lowest BCUT2D eigenvalue weighted by atomic mass is 10.0. The quantitative estimate of drug-likeness (QED) is 0.891. The SMILES string of the molecule is CC(C)c1ccc(CNc2ccc(S(N)(=O)=O)cc2)cc1. The molecule has 0 aliphatic heterocycles. The van der Waals surface area contributed by atoms with Crippen LogP contribution in [0.25, 0.3) is 0 Å². The summed E-state index contributed by atoms with van der Waals surface area (Å²) in [5, 5.41) is 8.31. The van der Waals surface area contributed by atoms with Crippen LogP contribution < -0.4 is 10.5 Å². The van der Waals surface area contributed by atoms with Gasteiger partial charge in [0, 0.05) is 12.2 Å². The molecule has 0 amide bonds. The zero-order valence-electron chi connectivity index (χ0n) is 12.2. The first-order chi connectivity index (χ1) is 9.86.